The first-order chi connectivity index (χ1) is 41.9. The predicted octanol–water partition coefficient (Wildman–Crippen LogP) is 10.4. The van der Waals surface area contributed by atoms with E-state index in [9.17, 15) is 39.6 Å². The van der Waals surface area contributed by atoms with Gasteiger partial charge in [0.25, 0.3) is 20.0 Å². The van der Waals surface area contributed by atoms with Crippen LogP contribution in [0.15, 0.2) is 113 Å². The zero-order valence-electron chi connectivity index (χ0n) is 47.9. The predicted molar refractivity (Wildman–Crippen MR) is 318 cm³/mol. The molecule has 2 amide bonds. The van der Waals surface area contributed by atoms with Gasteiger partial charge in [0.2, 0.25) is 23.7 Å². The first-order valence-corrected chi connectivity index (χ1v) is 31.2. The number of carbonyl (C=O) groups is 1. The molecule has 21 nitrogen and oxygen atoms in total. The number of nitrogens with zero attached hydrogens (tertiary/aromatic N) is 8. The summed E-state index contributed by atoms with van der Waals surface area (Å²) in [4.78, 5) is 39.5. The number of urea groups is 1. The standard InChI is InChI=1S/C23H24FN5O4S.C16H13FN2O2.C15H15FN2O.C7H11N3O2S/c1-33-20-12-14(8-10-25-20)18-13-19(24)16-6-3-7-17(16)22(18)26-23(30)28-34(31,32)21-9-11-29(27-21)15-4-2-5-15;1-21-15-7-10(5-6-18-15)13-8-14(17)11-3-2-4-12(11)16(13)19-9-20;1-19-14-7-9(5-6-18-14)12-8-13(16)10-3-2-4-11(10)15(12)17;8-13(11,12)7-4-5-10(9-7)6-2-1-3-6/h8-13,15H,2-7H2,1H3,(H2,26,28,30);5-8H,2-4H2,1H3;5-8H,2-4,17H2,1H3;4-6H,1-3H2,(H2,8,11,12). The van der Waals surface area contributed by atoms with Crippen molar-refractivity contribution >= 4 is 49.2 Å². The molecule has 0 spiro atoms. The summed E-state index contributed by atoms with van der Waals surface area (Å²) in [6.45, 7) is 0. The summed E-state index contributed by atoms with van der Waals surface area (Å²) >= 11 is 0. The van der Waals surface area contributed by atoms with Crippen LogP contribution in [0.3, 0.4) is 0 Å². The van der Waals surface area contributed by atoms with E-state index in [2.05, 4.69) is 35.5 Å². The molecule has 2 saturated carbocycles. The Morgan fingerprint density at radius 2 is 1.01 bits per heavy atom. The van der Waals surface area contributed by atoms with Crippen LogP contribution < -0.4 is 35.1 Å². The summed E-state index contributed by atoms with van der Waals surface area (Å²) in [6, 6.07) is 17.0. The van der Waals surface area contributed by atoms with E-state index in [0.29, 0.717) is 99.0 Å². The van der Waals surface area contributed by atoms with Crippen LogP contribution in [0, 0.1) is 17.5 Å². The molecule has 5 aromatic heterocycles. The first kappa shape index (κ1) is 61.1. The van der Waals surface area contributed by atoms with Crippen LogP contribution in [-0.4, -0.2) is 84.8 Å². The number of aliphatic imine (C=N–C) groups is 1. The Labute approximate surface area is 500 Å². The lowest BCUT2D eigenvalue weighted by Gasteiger charge is -2.25. The van der Waals surface area contributed by atoms with Gasteiger partial charge in [-0.05, 0) is 195 Å². The topological polar surface area (TPSA) is 293 Å². The number of halogens is 3. The molecule has 6 N–H and O–H groups in total. The number of primary sulfonamides is 1. The number of anilines is 2. The van der Waals surface area contributed by atoms with Crippen molar-refractivity contribution in [3.63, 3.8) is 0 Å². The fourth-order valence-electron chi connectivity index (χ4n) is 11.2. The zero-order valence-corrected chi connectivity index (χ0v) is 49.5. The third-order valence-electron chi connectivity index (χ3n) is 16.1. The molecule has 454 valence electrons. The summed E-state index contributed by atoms with van der Waals surface area (Å²) in [7, 11) is -3.28. The number of sulfonamides is 2. The van der Waals surface area contributed by atoms with Crippen LogP contribution in [-0.2, 0) is 63.4 Å². The van der Waals surface area contributed by atoms with Crippen LogP contribution in [0.5, 0.6) is 17.6 Å². The second-order valence-electron chi connectivity index (χ2n) is 21.3. The second-order valence-corrected chi connectivity index (χ2v) is 24.4. The number of amides is 2. The number of methoxy groups -OCH3 is 3. The van der Waals surface area contributed by atoms with Gasteiger partial charge < -0.3 is 25.3 Å². The Balaban J connectivity index is 0.000000136. The van der Waals surface area contributed by atoms with Crippen LogP contribution in [0.1, 0.15) is 103 Å². The van der Waals surface area contributed by atoms with E-state index in [1.54, 1.807) is 77.7 Å². The van der Waals surface area contributed by atoms with Gasteiger partial charge in [0.1, 0.15) is 17.5 Å². The van der Waals surface area contributed by atoms with Gasteiger partial charge in [0.15, 0.2) is 10.1 Å². The number of nitrogens with one attached hydrogen (secondary N) is 2. The maximum atomic E-state index is 14.8. The number of hydrogen-bond acceptors (Lipinski definition) is 16. The number of carbonyl (C=O) groups excluding carboxylic acids is 2. The molecular formula is C61H63F3N12O9S2. The maximum Gasteiger partial charge on any atom is 0.333 e. The molecule has 8 aromatic rings. The number of aromatic nitrogens is 7. The number of pyridine rings is 3. The normalized spacial score (nSPS) is 14.8. The first-order valence-electron chi connectivity index (χ1n) is 28.2. The van der Waals surface area contributed by atoms with E-state index in [-0.39, 0.29) is 33.5 Å². The lowest BCUT2D eigenvalue weighted by atomic mass is 9.93. The molecule has 5 heterocycles. The number of nitrogen functional groups attached to an aromatic ring is 1. The minimum Gasteiger partial charge on any atom is -0.481 e. The third-order valence-corrected chi connectivity index (χ3v) is 18.1. The summed E-state index contributed by atoms with van der Waals surface area (Å²) < 4.78 is 111. The average Bonchev–Trinajstić information content (AvgIpc) is 2.47. The molecule has 0 radical (unpaired) electrons. The minimum absolute atomic E-state index is 0.0422. The largest absolute Gasteiger partial charge is 0.481 e. The molecule has 0 aliphatic heterocycles. The van der Waals surface area contributed by atoms with Gasteiger partial charge in [-0.15, -0.1) is 0 Å². The monoisotopic (exact) mass is 1230 g/mol. The molecule has 0 atom stereocenters. The van der Waals surface area contributed by atoms with E-state index in [0.717, 1.165) is 98.4 Å². The van der Waals surface area contributed by atoms with Crippen molar-refractivity contribution in [2.75, 3.05) is 32.4 Å². The number of ether oxygens (including phenoxy) is 3. The quantitative estimate of drug-likeness (QED) is 0.0474. The summed E-state index contributed by atoms with van der Waals surface area (Å²) in [6.07, 6.45) is 22.7. The fraction of sp³-hybridized carbons (Fsp3) is 0.328. The van der Waals surface area contributed by atoms with Crippen molar-refractivity contribution in [2.24, 2.45) is 10.1 Å². The minimum atomic E-state index is -4.18. The highest BCUT2D eigenvalue weighted by Crippen LogP contribution is 2.43. The average molecular weight is 1230 g/mol. The molecule has 13 rings (SSSR count). The SMILES string of the molecule is COc1cc(-c2cc(F)c3c(c2N)CCC3)ccn1.COc1cc(-c2cc(F)c3c(c2N=C=O)CCC3)ccn1.COc1cc(-c2cc(F)c3c(c2NC(=O)NS(=O)(=O)c2ccn(C4CCC4)n2)CCC3)ccn1.NS(=O)(=O)c1ccn(C2CCC2)n1. The van der Waals surface area contributed by atoms with E-state index in [4.69, 9.17) is 25.1 Å². The smallest absolute Gasteiger partial charge is 0.333 e. The van der Waals surface area contributed by atoms with Gasteiger partial charge >= 0.3 is 6.03 Å². The van der Waals surface area contributed by atoms with E-state index in [1.165, 1.54) is 57.2 Å². The molecule has 3 aromatic carbocycles. The van der Waals surface area contributed by atoms with Crippen molar-refractivity contribution in [1.82, 2.24) is 39.2 Å². The van der Waals surface area contributed by atoms with E-state index >= 15 is 0 Å². The van der Waals surface area contributed by atoms with Gasteiger partial charge in [-0.2, -0.15) is 23.6 Å². The van der Waals surface area contributed by atoms with Crippen LogP contribution >= 0.6 is 0 Å². The highest BCUT2D eigenvalue weighted by Gasteiger charge is 2.30. The molecule has 26 heteroatoms. The van der Waals surface area contributed by atoms with Gasteiger partial charge in [-0.1, -0.05) is 0 Å². The highest BCUT2D eigenvalue weighted by molar-refractivity contribution is 7.90. The number of isocyanates is 1. The molecule has 0 unspecified atom stereocenters. The molecule has 87 heavy (non-hydrogen) atoms. The Morgan fingerprint density at radius 3 is 1.49 bits per heavy atom. The third kappa shape index (κ3) is 13.5. The molecule has 0 bridgehead atoms. The Hall–Kier alpha value is -8.97. The Morgan fingerprint density at radius 1 is 0.586 bits per heavy atom. The molecule has 2 fully saturated rings. The van der Waals surface area contributed by atoms with Gasteiger partial charge in [-0.25, -0.2) is 56.0 Å². The molecule has 5 aliphatic carbocycles. The van der Waals surface area contributed by atoms with Crippen molar-refractivity contribution in [2.45, 2.75) is 118 Å². The number of nitrogens with two attached hydrogens (primary N) is 2. The van der Waals surface area contributed by atoms with E-state index < -0.39 is 26.1 Å². The van der Waals surface area contributed by atoms with Gasteiger partial charge in [0, 0.05) is 71.6 Å². The van der Waals surface area contributed by atoms with Crippen molar-refractivity contribution in [3.8, 4) is 51.0 Å². The molecule has 0 saturated heterocycles. The Bertz CT molecular complexity index is 4190. The second kappa shape index (κ2) is 26.3. The highest BCUT2D eigenvalue weighted by atomic mass is 32.2. The molecular weight excluding hydrogens is 1170 g/mol. The molecule has 5 aliphatic rings. The van der Waals surface area contributed by atoms with Crippen molar-refractivity contribution in [3.05, 3.63) is 149 Å². The summed E-state index contributed by atoms with van der Waals surface area (Å²) in [5, 5.41) is 15.4. The summed E-state index contributed by atoms with van der Waals surface area (Å²) in [5.74, 6) is 0.481. The van der Waals surface area contributed by atoms with Crippen LogP contribution in [0.2, 0.25) is 0 Å². The van der Waals surface area contributed by atoms with E-state index in [1.807, 2.05) is 10.8 Å². The van der Waals surface area contributed by atoms with Crippen molar-refractivity contribution in [1.29, 1.82) is 0 Å². The number of rotatable bonds is 13. The maximum absolute atomic E-state index is 14.8. The lowest BCUT2D eigenvalue weighted by Crippen LogP contribution is -2.35. The van der Waals surface area contributed by atoms with Crippen molar-refractivity contribution < 1.29 is 53.8 Å². The fourth-order valence-corrected chi connectivity index (χ4v) is 12.5. The zero-order chi connectivity index (χ0) is 61.6. The van der Waals surface area contributed by atoms with Crippen LogP contribution in [0.4, 0.5) is 35.0 Å². The Kier molecular flexibility index (Phi) is 18.5. The lowest BCUT2D eigenvalue weighted by molar-refractivity contribution is 0.256. The van der Waals surface area contributed by atoms with Gasteiger partial charge in [0.05, 0.1) is 44.8 Å². The van der Waals surface area contributed by atoms with Gasteiger partial charge in [-0.3, -0.25) is 9.36 Å². The number of benzene rings is 3. The number of hydrogen-bond donors (Lipinski definition) is 4. The van der Waals surface area contributed by atoms with Crippen LogP contribution in [0.25, 0.3) is 33.4 Å². The summed E-state index contributed by atoms with van der Waals surface area (Å²) in [5.41, 5.74) is 16.0. The number of fused-ring (bicyclic) bond motifs is 3.